The summed E-state index contributed by atoms with van der Waals surface area (Å²) in [5.74, 6) is -0.213. The number of anilines is 1. The van der Waals surface area contributed by atoms with Crippen molar-refractivity contribution in [3.63, 3.8) is 0 Å². The molecule has 1 heterocycles. The minimum Gasteiger partial charge on any atom is -0.385 e. The Hall–Kier alpha value is -1.51. The summed E-state index contributed by atoms with van der Waals surface area (Å²) < 4.78 is 0. The highest BCUT2D eigenvalue weighted by molar-refractivity contribution is 5.77. The molecule has 0 aromatic heterocycles. The molecule has 0 fully saturated rings. The normalized spacial score (nSPS) is 20.4. The largest absolute Gasteiger partial charge is 0.385 e. The number of nitrogens with one attached hydrogen (secondary N) is 1. The van der Waals surface area contributed by atoms with Gasteiger partial charge in [-0.05, 0) is 24.5 Å². The summed E-state index contributed by atoms with van der Waals surface area (Å²) in [5, 5.41) is 3.30. The van der Waals surface area contributed by atoms with Gasteiger partial charge in [0, 0.05) is 18.2 Å². The zero-order valence-electron chi connectivity index (χ0n) is 7.99. The number of rotatable bonds is 1. The van der Waals surface area contributed by atoms with Crippen LogP contribution in [-0.4, -0.2) is 12.5 Å². The maximum absolute atomic E-state index is 11.1. The molecule has 0 bridgehead atoms. The molecule has 0 aliphatic carbocycles. The Kier molecular flexibility index (Phi) is 2.39. The molecular formula is C11H14N2O. The van der Waals surface area contributed by atoms with Crippen LogP contribution in [0.2, 0.25) is 0 Å². The molecule has 1 aliphatic rings. The Morgan fingerprint density at radius 3 is 3.00 bits per heavy atom. The van der Waals surface area contributed by atoms with Gasteiger partial charge in [0.15, 0.2) is 0 Å². The zero-order chi connectivity index (χ0) is 9.97. The Labute approximate surface area is 83.3 Å². The van der Waals surface area contributed by atoms with E-state index in [0.717, 1.165) is 25.1 Å². The number of nitrogens with two attached hydrogens (primary N) is 1. The fourth-order valence-corrected chi connectivity index (χ4v) is 1.86. The van der Waals surface area contributed by atoms with Crippen LogP contribution in [0.25, 0.3) is 0 Å². The van der Waals surface area contributed by atoms with Gasteiger partial charge in [-0.3, -0.25) is 4.79 Å². The Morgan fingerprint density at radius 1 is 1.43 bits per heavy atom. The monoisotopic (exact) mass is 190 g/mol. The number of para-hydroxylation sites is 1. The van der Waals surface area contributed by atoms with E-state index < -0.39 is 0 Å². The summed E-state index contributed by atoms with van der Waals surface area (Å²) in [6.45, 7) is 0.824. The predicted octanol–water partition coefficient (Wildman–Crippen LogP) is 1.15. The van der Waals surface area contributed by atoms with Crippen molar-refractivity contribution in [1.82, 2.24) is 0 Å². The van der Waals surface area contributed by atoms with Crippen LogP contribution in [0.5, 0.6) is 0 Å². The summed E-state index contributed by atoms with van der Waals surface area (Å²) in [5.41, 5.74) is 7.65. The molecule has 1 unspecified atom stereocenters. The molecular weight excluding hydrogens is 176 g/mol. The average Bonchev–Trinajstić information content (AvgIpc) is 2.39. The second-order valence-corrected chi connectivity index (χ2v) is 3.68. The molecule has 3 N–H and O–H groups in total. The van der Waals surface area contributed by atoms with E-state index in [9.17, 15) is 4.79 Å². The average molecular weight is 190 g/mol. The third-order valence-corrected chi connectivity index (χ3v) is 2.69. The van der Waals surface area contributed by atoms with E-state index >= 15 is 0 Å². The Morgan fingerprint density at radius 2 is 2.21 bits per heavy atom. The molecule has 0 spiro atoms. The van der Waals surface area contributed by atoms with Crippen molar-refractivity contribution in [2.45, 2.75) is 12.8 Å². The van der Waals surface area contributed by atoms with E-state index in [2.05, 4.69) is 5.32 Å². The minimum atomic E-state index is -0.191. The quantitative estimate of drug-likeness (QED) is 0.698. The first kappa shape index (κ1) is 9.06. The van der Waals surface area contributed by atoms with E-state index in [4.69, 9.17) is 5.73 Å². The molecule has 1 atom stereocenters. The van der Waals surface area contributed by atoms with Gasteiger partial charge in [0.05, 0.1) is 0 Å². The first-order valence-corrected chi connectivity index (χ1v) is 4.88. The van der Waals surface area contributed by atoms with Crippen molar-refractivity contribution in [2.24, 2.45) is 11.7 Å². The highest BCUT2D eigenvalue weighted by Crippen LogP contribution is 2.23. The lowest BCUT2D eigenvalue weighted by Crippen LogP contribution is -2.25. The summed E-state index contributed by atoms with van der Waals surface area (Å²) in [7, 11) is 0. The lowest BCUT2D eigenvalue weighted by atomic mass is 9.96. The van der Waals surface area contributed by atoms with Crippen LogP contribution >= 0.6 is 0 Å². The maximum Gasteiger partial charge on any atom is 0.220 e. The molecule has 3 nitrogen and oxygen atoms in total. The maximum atomic E-state index is 11.1. The number of benzene rings is 1. The molecule has 2 rings (SSSR count). The van der Waals surface area contributed by atoms with Gasteiger partial charge in [-0.1, -0.05) is 18.2 Å². The van der Waals surface area contributed by atoms with Crippen molar-refractivity contribution < 1.29 is 4.79 Å². The van der Waals surface area contributed by atoms with Gasteiger partial charge in [0.25, 0.3) is 0 Å². The fraction of sp³-hybridized carbons (Fsp3) is 0.364. The van der Waals surface area contributed by atoms with E-state index in [1.54, 1.807) is 0 Å². The van der Waals surface area contributed by atoms with Gasteiger partial charge in [0.2, 0.25) is 5.91 Å². The molecule has 1 aromatic rings. The first-order chi connectivity index (χ1) is 6.77. The summed E-state index contributed by atoms with van der Waals surface area (Å²) >= 11 is 0. The number of hydrogen-bond acceptors (Lipinski definition) is 2. The summed E-state index contributed by atoms with van der Waals surface area (Å²) in [6.07, 6.45) is 1.59. The number of fused-ring (bicyclic) bond motifs is 1. The van der Waals surface area contributed by atoms with Crippen LogP contribution in [0.15, 0.2) is 24.3 Å². The highest BCUT2D eigenvalue weighted by atomic mass is 16.1. The van der Waals surface area contributed by atoms with Crippen molar-refractivity contribution >= 4 is 11.6 Å². The third kappa shape index (κ3) is 1.71. The molecule has 74 valence electrons. The van der Waals surface area contributed by atoms with E-state index in [1.807, 2.05) is 24.3 Å². The molecule has 0 saturated heterocycles. The molecule has 0 radical (unpaired) electrons. The van der Waals surface area contributed by atoms with Crippen molar-refractivity contribution in [3.05, 3.63) is 29.8 Å². The van der Waals surface area contributed by atoms with Gasteiger partial charge in [-0.25, -0.2) is 0 Å². The number of amides is 1. The van der Waals surface area contributed by atoms with Gasteiger partial charge in [-0.15, -0.1) is 0 Å². The Bertz CT molecular complexity index is 349. The van der Waals surface area contributed by atoms with E-state index in [0.29, 0.717) is 0 Å². The van der Waals surface area contributed by atoms with Crippen molar-refractivity contribution in [3.8, 4) is 0 Å². The number of carbonyl (C=O) groups is 1. The second-order valence-electron chi connectivity index (χ2n) is 3.68. The smallest absolute Gasteiger partial charge is 0.220 e. The molecule has 1 aromatic carbocycles. The lowest BCUT2D eigenvalue weighted by Gasteiger charge is -2.08. The molecule has 0 saturated carbocycles. The summed E-state index contributed by atoms with van der Waals surface area (Å²) in [6, 6.07) is 8.07. The first-order valence-electron chi connectivity index (χ1n) is 4.88. The van der Waals surface area contributed by atoms with Crippen LogP contribution in [-0.2, 0) is 11.2 Å². The molecule has 1 amide bonds. The van der Waals surface area contributed by atoms with Crippen LogP contribution in [0.1, 0.15) is 12.0 Å². The SMILES string of the molecule is NC(=O)C1CCNc2ccccc2C1. The Balaban J connectivity index is 2.26. The van der Waals surface area contributed by atoms with Crippen LogP contribution in [0.3, 0.4) is 0 Å². The van der Waals surface area contributed by atoms with Crippen LogP contribution < -0.4 is 11.1 Å². The fourth-order valence-electron chi connectivity index (χ4n) is 1.86. The summed E-state index contributed by atoms with van der Waals surface area (Å²) in [4.78, 5) is 11.1. The van der Waals surface area contributed by atoms with Gasteiger partial charge in [0.1, 0.15) is 0 Å². The molecule has 1 aliphatic heterocycles. The molecule has 3 heteroatoms. The van der Waals surface area contributed by atoms with Crippen molar-refractivity contribution in [1.29, 1.82) is 0 Å². The standard InChI is InChI=1S/C11H14N2O/c12-11(14)9-5-6-13-10-4-2-1-3-8(10)7-9/h1-4,9,13H,5-7H2,(H2,12,14). The zero-order valence-corrected chi connectivity index (χ0v) is 7.99. The minimum absolute atomic E-state index is 0.0221. The van der Waals surface area contributed by atoms with Gasteiger partial charge < -0.3 is 11.1 Å². The van der Waals surface area contributed by atoms with Crippen LogP contribution in [0.4, 0.5) is 5.69 Å². The van der Waals surface area contributed by atoms with Crippen molar-refractivity contribution in [2.75, 3.05) is 11.9 Å². The van der Waals surface area contributed by atoms with E-state index in [1.165, 1.54) is 5.56 Å². The van der Waals surface area contributed by atoms with E-state index in [-0.39, 0.29) is 11.8 Å². The van der Waals surface area contributed by atoms with Gasteiger partial charge in [-0.2, -0.15) is 0 Å². The number of carbonyl (C=O) groups excluding carboxylic acids is 1. The van der Waals surface area contributed by atoms with Gasteiger partial charge >= 0.3 is 0 Å². The molecule has 14 heavy (non-hydrogen) atoms. The lowest BCUT2D eigenvalue weighted by molar-refractivity contribution is -0.121. The number of primary amides is 1. The second kappa shape index (κ2) is 3.70. The highest BCUT2D eigenvalue weighted by Gasteiger charge is 2.19. The number of hydrogen-bond donors (Lipinski definition) is 2. The third-order valence-electron chi connectivity index (χ3n) is 2.69. The predicted molar refractivity (Wildman–Crippen MR) is 55.9 cm³/mol. The topological polar surface area (TPSA) is 55.1 Å². The van der Waals surface area contributed by atoms with Crippen LogP contribution in [0, 0.1) is 5.92 Å².